The summed E-state index contributed by atoms with van der Waals surface area (Å²) in [5, 5.41) is 4.52. The summed E-state index contributed by atoms with van der Waals surface area (Å²) in [5.41, 5.74) is 4.46. The van der Waals surface area contributed by atoms with Gasteiger partial charge < -0.3 is 5.43 Å². The largest absolute Gasteiger partial charge is 0.308 e. The van der Waals surface area contributed by atoms with Crippen LogP contribution in [0.1, 0.15) is 11.1 Å². The van der Waals surface area contributed by atoms with Gasteiger partial charge in [-0.2, -0.15) is 16.9 Å². The zero-order valence-corrected chi connectivity index (χ0v) is 12.7. The predicted molar refractivity (Wildman–Crippen MR) is 84.6 cm³/mol. The van der Waals surface area contributed by atoms with Crippen molar-refractivity contribution < 1.29 is 0 Å². The molecule has 0 radical (unpaired) electrons. The molecule has 1 atom stereocenters. The lowest BCUT2D eigenvalue weighted by Crippen LogP contribution is -2.14. The zero-order valence-electron chi connectivity index (χ0n) is 11.1. The molecule has 3 rings (SSSR count). The van der Waals surface area contributed by atoms with Crippen LogP contribution in [-0.2, 0) is 7.05 Å². The van der Waals surface area contributed by atoms with Gasteiger partial charge in [0.25, 0.3) is 0 Å². The van der Waals surface area contributed by atoms with Crippen molar-refractivity contribution in [3.8, 4) is 11.3 Å². The second kappa shape index (κ2) is 6.02. The van der Waals surface area contributed by atoms with Crippen molar-refractivity contribution in [1.29, 1.82) is 0 Å². The molecule has 2 aromatic rings. The van der Waals surface area contributed by atoms with Gasteiger partial charge in [0, 0.05) is 42.1 Å². The standard InChI is InChI=1S/C12H16N6S2/c1-18-6-8(5-14-18)9-4-11(17-13)16-12(15-9)10-7-19-2-3-20-10/h4-6,10H,2-3,7,13H2,1H3,(H,15,16,17). The molecule has 0 aromatic carbocycles. The summed E-state index contributed by atoms with van der Waals surface area (Å²) < 4.78 is 1.76. The van der Waals surface area contributed by atoms with Crippen LogP contribution in [0.25, 0.3) is 11.3 Å². The molecule has 2 aromatic heterocycles. The number of anilines is 1. The Hall–Kier alpha value is -1.25. The summed E-state index contributed by atoms with van der Waals surface area (Å²) >= 11 is 3.86. The SMILES string of the molecule is Cn1cc(-c2cc(NN)nc(C3CSCCS3)n2)cn1. The first kappa shape index (κ1) is 13.7. The Kier molecular flexibility index (Phi) is 4.13. The maximum absolute atomic E-state index is 5.53. The molecule has 1 aliphatic heterocycles. The van der Waals surface area contributed by atoms with E-state index < -0.39 is 0 Å². The van der Waals surface area contributed by atoms with E-state index in [9.17, 15) is 0 Å². The van der Waals surface area contributed by atoms with E-state index in [1.165, 1.54) is 5.75 Å². The molecule has 0 saturated carbocycles. The summed E-state index contributed by atoms with van der Waals surface area (Å²) in [6.07, 6.45) is 3.74. The number of nitrogens with zero attached hydrogens (tertiary/aromatic N) is 4. The molecule has 3 heterocycles. The van der Waals surface area contributed by atoms with Gasteiger partial charge in [0.05, 0.1) is 17.1 Å². The van der Waals surface area contributed by atoms with Crippen LogP contribution >= 0.6 is 23.5 Å². The topological polar surface area (TPSA) is 81.7 Å². The van der Waals surface area contributed by atoms with Crippen LogP contribution in [0.2, 0.25) is 0 Å². The minimum Gasteiger partial charge on any atom is -0.308 e. The van der Waals surface area contributed by atoms with Crippen LogP contribution in [0.5, 0.6) is 0 Å². The van der Waals surface area contributed by atoms with Gasteiger partial charge in [0.2, 0.25) is 0 Å². The molecule has 20 heavy (non-hydrogen) atoms. The van der Waals surface area contributed by atoms with Gasteiger partial charge in [-0.15, -0.1) is 11.8 Å². The van der Waals surface area contributed by atoms with E-state index in [2.05, 4.69) is 15.5 Å². The number of hydrogen-bond donors (Lipinski definition) is 2. The number of aromatic nitrogens is 4. The lowest BCUT2D eigenvalue weighted by atomic mass is 10.2. The summed E-state index contributed by atoms with van der Waals surface area (Å²) in [4.78, 5) is 9.19. The highest BCUT2D eigenvalue weighted by molar-refractivity contribution is 8.06. The Morgan fingerprint density at radius 3 is 2.95 bits per heavy atom. The molecule has 0 spiro atoms. The second-order valence-corrected chi connectivity index (χ2v) is 6.94. The lowest BCUT2D eigenvalue weighted by Gasteiger charge is -2.20. The minimum atomic E-state index is 0.331. The van der Waals surface area contributed by atoms with Crippen molar-refractivity contribution in [2.24, 2.45) is 12.9 Å². The number of nitrogens with two attached hydrogens (primary N) is 1. The molecule has 1 fully saturated rings. The number of nitrogens with one attached hydrogen (secondary N) is 1. The van der Waals surface area contributed by atoms with Crippen LogP contribution in [0, 0.1) is 0 Å². The summed E-state index contributed by atoms with van der Waals surface area (Å²) in [6, 6.07) is 1.85. The highest BCUT2D eigenvalue weighted by Gasteiger charge is 2.21. The molecular weight excluding hydrogens is 292 g/mol. The molecule has 106 valence electrons. The Labute approximate surface area is 125 Å². The number of nitrogen functional groups attached to an aromatic ring is 1. The van der Waals surface area contributed by atoms with E-state index in [-0.39, 0.29) is 0 Å². The third-order valence-corrected chi connectivity index (χ3v) is 5.75. The molecule has 6 nitrogen and oxygen atoms in total. The molecule has 1 saturated heterocycles. The number of hydrogen-bond acceptors (Lipinski definition) is 7. The normalized spacial score (nSPS) is 19.0. The van der Waals surface area contributed by atoms with Gasteiger partial charge in [-0.25, -0.2) is 15.8 Å². The Morgan fingerprint density at radius 1 is 1.40 bits per heavy atom. The smallest absolute Gasteiger partial charge is 0.145 e. The Bertz CT molecular complexity index is 593. The Balaban J connectivity index is 1.97. The van der Waals surface area contributed by atoms with Crippen LogP contribution in [0.3, 0.4) is 0 Å². The number of thioether (sulfide) groups is 2. The molecule has 1 aliphatic rings. The Morgan fingerprint density at radius 2 is 2.30 bits per heavy atom. The van der Waals surface area contributed by atoms with Crippen LogP contribution in [0.4, 0.5) is 5.82 Å². The van der Waals surface area contributed by atoms with E-state index >= 15 is 0 Å². The minimum absolute atomic E-state index is 0.331. The van der Waals surface area contributed by atoms with E-state index in [0.29, 0.717) is 11.1 Å². The first-order valence-corrected chi connectivity index (χ1v) is 8.50. The maximum Gasteiger partial charge on any atom is 0.145 e. The first-order valence-electron chi connectivity index (χ1n) is 6.30. The van der Waals surface area contributed by atoms with Gasteiger partial charge >= 0.3 is 0 Å². The average Bonchev–Trinajstić information content (AvgIpc) is 2.94. The fourth-order valence-electron chi connectivity index (χ4n) is 2.02. The van der Waals surface area contributed by atoms with E-state index in [0.717, 1.165) is 28.6 Å². The van der Waals surface area contributed by atoms with Gasteiger partial charge in [0.1, 0.15) is 11.6 Å². The number of aryl methyl sites for hydroxylation is 1. The van der Waals surface area contributed by atoms with Crippen molar-refractivity contribution in [2.75, 3.05) is 22.7 Å². The van der Waals surface area contributed by atoms with Gasteiger partial charge in [-0.3, -0.25) is 4.68 Å². The highest BCUT2D eigenvalue weighted by Crippen LogP contribution is 2.36. The third-order valence-electron chi connectivity index (χ3n) is 3.00. The second-order valence-electron chi connectivity index (χ2n) is 4.48. The summed E-state index contributed by atoms with van der Waals surface area (Å²) in [6.45, 7) is 0. The first-order chi connectivity index (χ1) is 9.76. The fraction of sp³-hybridized carbons (Fsp3) is 0.417. The van der Waals surface area contributed by atoms with Crippen molar-refractivity contribution in [2.45, 2.75) is 5.25 Å². The van der Waals surface area contributed by atoms with Crippen molar-refractivity contribution in [3.63, 3.8) is 0 Å². The maximum atomic E-state index is 5.53. The molecule has 8 heteroatoms. The van der Waals surface area contributed by atoms with E-state index in [4.69, 9.17) is 10.8 Å². The van der Waals surface area contributed by atoms with Crippen molar-refractivity contribution in [3.05, 3.63) is 24.3 Å². The summed E-state index contributed by atoms with van der Waals surface area (Å²) in [7, 11) is 1.89. The van der Waals surface area contributed by atoms with Crippen LogP contribution in [0.15, 0.2) is 18.5 Å². The zero-order chi connectivity index (χ0) is 13.9. The quantitative estimate of drug-likeness (QED) is 0.659. The fourth-order valence-corrected chi connectivity index (χ4v) is 4.62. The third kappa shape index (κ3) is 2.92. The van der Waals surface area contributed by atoms with Crippen molar-refractivity contribution >= 4 is 29.3 Å². The number of hydrazine groups is 1. The van der Waals surface area contributed by atoms with Crippen LogP contribution in [-0.4, -0.2) is 37.0 Å². The predicted octanol–water partition coefficient (Wildman–Crippen LogP) is 1.68. The van der Waals surface area contributed by atoms with Crippen molar-refractivity contribution in [1.82, 2.24) is 19.7 Å². The lowest BCUT2D eigenvalue weighted by molar-refractivity contribution is 0.768. The van der Waals surface area contributed by atoms with Gasteiger partial charge in [-0.05, 0) is 0 Å². The molecule has 0 amide bonds. The highest BCUT2D eigenvalue weighted by atomic mass is 32.2. The molecule has 0 aliphatic carbocycles. The monoisotopic (exact) mass is 308 g/mol. The molecule has 3 N–H and O–H groups in total. The molecule has 1 unspecified atom stereocenters. The van der Waals surface area contributed by atoms with Gasteiger partial charge in [0.15, 0.2) is 0 Å². The van der Waals surface area contributed by atoms with E-state index in [1.54, 1.807) is 10.9 Å². The molecular formula is C12H16N6S2. The summed E-state index contributed by atoms with van der Waals surface area (Å²) in [5.74, 6) is 10.4. The molecule has 0 bridgehead atoms. The number of rotatable bonds is 3. The van der Waals surface area contributed by atoms with E-state index in [1.807, 2.05) is 42.8 Å². The van der Waals surface area contributed by atoms with Crippen LogP contribution < -0.4 is 11.3 Å². The average molecular weight is 308 g/mol. The van der Waals surface area contributed by atoms with Gasteiger partial charge in [-0.1, -0.05) is 0 Å².